The summed E-state index contributed by atoms with van der Waals surface area (Å²) in [5.74, 6) is 0.604. The fourth-order valence-corrected chi connectivity index (χ4v) is 2.40. The number of aliphatic imine (C=N–C) groups is 1. The van der Waals surface area contributed by atoms with Gasteiger partial charge >= 0.3 is 0 Å². The van der Waals surface area contributed by atoms with Crippen molar-refractivity contribution in [2.24, 2.45) is 16.6 Å². The van der Waals surface area contributed by atoms with Crippen LogP contribution in [0.25, 0.3) is 0 Å². The Balaban J connectivity index is 0. The molecule has 1 rings (SSSR count). The summed E-state index contributed by atoms with van der Waals surface area (Å²) >= 11 is 0. The summed E-state index contributed by atoms with van der Waals surface area (Å²) in [6.45, 7) is 18.6. The van der Waals surface area contributed by atoms with Crippen LogP contribution in [0.2, 0.25) is 0 Å². The van der Waals surface area contributed by atoms with E-state index in [1.165, 1.54) is 11.3 Å². The van der Waals surface area contributed by atoms with Gasteiger partial charge in [0.1, 0.15) is 0 Å². The lowest BCUT2D eigenvalue weighted by molar-refractivity contribution is 0.278. The van der Waals surface area contributed by atoms with E-state index in [1.807, 2.05) is 34.7 Å². The van der Waals surface area contributed by atoms with E-state index in [0.29, 0.717) is 12.0 Å². The molecule has 0 aromatic carbocycles. The molecule has 3 nitrogen and oxygen atoms in total. The molecule has 0 aromatic rings. The van der Waals surface area contributed by atoms with Crippen LogP contribution >= 0.6 is 0 Å². The van der Waals surface area contributed by atoms with Gasteiger partial charge in [0.05, 0.1) is 11.7 Å². The first-order chi connectivity index (χ1) is 9.86. The number of nitrogens with zero attached hydrogens (tertiary/aromatic N) is 1. The molecule has 0 saturated heterocycles. The highest BCUT2D eigenvalue weighted by atomic mass is 15.1. The number of nitrogens with one attached hydrogen (secondary N) is 1. The van der Waals surface area contributed by atoms with Crippen molar-refractivity contribution in [3.63, 3.8) is 0 Å². The second-order valence-electron chi connectivity index (χ2n) is 5.71. The van der Waals surface area contributed by atoms with Gasteiger partial charge in [-0.2, -0.15) is 0 Å². The van der Waals surface area contributed by atoms with E-state index in [1.54, 1.807) is 0 Å². The molecule has 1 aliphatic rings. The molecule has 0 amide bonds. The van der Waals surface area contributed by atoms with Gasteiger partial charge in [-0.15, -0.1) is 0 Å². The Morgan fingerprint density at radius 1 is 1.33 bits per heavy atom. The Labute approximate surface area is 133 Å². The van der Waals surface area contributed by atoms with E-state index in [9.17, 15) is 0 Å². The zero-order valence-corrected chi connectivity index (χ0v) is 15.7. The minimum atomic E-state index is -0.260. The van der Waals surface area contributed by atoms with Crippen molar-refractivity contribution in [3.05, 3.63) is 12.2 Å². The number of hydrogen-bond acceptors (Lipinski definition) is 3. The molecule has 0 aliphatic carbocycles. The quantitative estimate of drug-likeness (QED) is 0.559. The molecule has 1 aliphatic heterocycles. The third-order valence-corrected chi connectivity index (χ3v) is 3.53. The van der Waals surface area contributed by atoms with Gasteiger partial charge in [0.2, 0.25) is 0 Å². The molecule has 1 unspecified atom stereocenters. The van der Waals surface area contributed by atoms with Crippen LogP contribution in [0.5, 0.6) is 0 Å². The van der Waals surface area contributed by atoms with Crippen molar-refractivity contribution >= 4 is 5.71 Å². The minimum absolute atomic E-state index is 0.260. The highest BCUT2D eigenvalue weighted by molar-refractivity contribution is 5.89. The summed E-state index contributed by atoms with van der Waals surface area (Å²) in [5.41, 5.74) is 8.59. The molecule has 0 bridgehead atoms. The Kier molecular flexibility index (Phi) is 12.8. The highest BCUT2D eigenvalue weighted by Crippen LogP contribution is 2.23. The van der Waals surface area contributed by atoms with Gasteiger partial charge in [0.25, 0.3) is 0 Å². The second kappa shape index (κ2) is 11.9. The molecular formula is C18H39N3. The van der Waals surface area contributed by atoms with Gasteiger partial charge in [-0.3, -0.25) is 4.99 Å². The summed E-state index contributed by atoms with van der Waals surface area (Å²) < 4.78 is 0. The largest absolute Gasteiger partial charge is 0.313 e. The number of rotatable bonds is 6. The molecular weight excluding hydrogens is 258 g/mol. The number of nitrogens with two attached hydrogens (primary N) is 1. The molecule has 126 valence electrons. The van der Waals surface area contributed by atoms with Gasteiger partial charge in [-0.25, -0.2) is 0 Å². The SMILES string of the molecule is C=C1CC(CC[C@](N)(CC(C)C)NC)=NC1C.CC.CC. The maximum Gasteiger partial charge on any atom is 0.0681 e. The fraction of sp³-hybridized carbons (Fsp3) is 0.833. The van der Waals surface area contributed by atoms with E-state index >= 15 is 0 Å². The molecule has 0 radical (unpaired) electrons. The van der Waals surface area contributed by atoms with Crippen LogP contribution in [0.15, 0.2) is 17.1 Å². The van der Waals surface area contributed by atoms with Crippen molar-refractivity contribution in [1.29, 1.82) is 0 Å². The normalized spacial score (nSPS) is 20.0. The zero-order chi connectivity index (χ0) is 17.1. The van der Waals surface area contributed by atoms with Crippen molar-refractivity contribution in [1.82, 2.24) is 5.32 Å². The lowest BCUT2D eigenvalue weighted by Gasteiger charge is -2.31. The first-order valence-corrected chi connectivity index (χ1v) is 8.57. The Bertz CT molecular complexity index is 308. The van der Waals surface area contributed by atoms with Crippen LogP contribution in [0.1, 0.15) is 74.1 Å². The third-order valence-electron chi connectivity index (χ3n) is 3.53. The van der Waals surface area contributed by atoms with Crippen LogP contribution in [0, 0.1) is 5.92 Å². The van der Waals surface area contributed by atoms with E-state index in [2.05, 4.69) is 37.7 Å². The van der Waals surface area contributed by atoms with Crippen LogP contribution in [-0.2, 0) is 0 Å². The molecule has 0 saturated carbocycles. The Hall–Kier alpha value is -0.670. The summed E-state index contributed by atoms with van der Waals surface area (Å²) in [7, 11) is 1.94. The third kappa shape index (κ3) is 9.05. The molecule has 0 fully saturated rings. The van der Waals surface area contributed by atoms with Crippen molar-refractivity contribution in [3.8, 4) is 0 Å². The Morgan fingerprint density at radius 2 is 1.86 bits per heavy atom. The van der Waals surface area contributed by atoms with Gasteiger partial charge in [0, 0.05) is 12.1 Å². The topological polar surface area (TPSA) is 50.4 Å². The second-order valence-corrected chi connectivity index (χ2v) is 5.71. The van der Waals surface area contributed by atoms with Crippen LogP contribution in [0.4, 0.5) is 0 Å². The van der Waals surface area contributed by atoms with Crippen molar-refractivity contribution in [2.75, 3.05) is 7.05 Å². The monoisotopic (exact) mass is 297 g/mol. The maximum atomic E-state index is 6.36. The maximum absolute atomic E-state index is 6.36. The standard InChI is InChI=1S/C14H27N3.2C2H6/c1-10(2)9-14(15,16-5)7-6-13-8-11(3)12(4)17-13;2*1-2/h10,12,16H,3,6-9,15H2,1-2,4-5H3;2*1-2H3/t12?,14-;;/m1../s1. The van der Waals surface area contributed by atoms with Crippen molar-refractivity contribution in [2.45, 2.75) is 85.9 Å². The average Bonchev–Trinajstić information content (AvgIpc) is 2.79. The summed E-state index contributed by atoms with van der Waals surface area (Å²) in [6, 6.07) is 0.303. The van der Waals surface area contributed by atoms with E-state index < -0.39 is 0 Å². The summed E-state index contributed by atoms with van der Waals surface area (Å²) in [4.78, 5) is 4.62. The lowest BCUT2D eigenvalue weighted by Crippen LogP contribution is -2.52. The Morgan fingerprint density at radius 3 is 2.19 bits per heavy atom. The van der Waals surface area contributed by atoms with E-state index in [0.717, 1.165) is 25.7 Å². The van der Waals surface area contributed by atoms with Gasteiger partial charge < -0.3 is 11.1 Å². The minimum Gasteiger partial charge on any atom is -0.313 e. The van der Waals surface area contributed by atoms with E-state index in [4.69, 9.17) is 5.73 Å². The van der Waals surface area contributed by atoms with Gasteiger partial charge in [-0.05, 0) is 44.7 Å². The number of hydrogen-bond donors (Lipinski definition) is 2. The first-order valence-electron chi connectivity index (χ1n) is 8.57. The predicted molar refractivity (Wildman–Crippen MR) is 98.0 cm³/mol. The zero-order valence-electron chi connectivity index (χ0n) is 15.7. The molecule has 0 spiro atoms. The smallest absolute Gasteiger partial charge is 0.0681 e. The average molecular weight is 298 g/mol. The lowest BCUT2D eigenvalue weighted by atomic mass is 9.92. The molecule has 3 heteroatoms. The van der Waals surface area contributed by atoms with Crippen LogP contribution in [0.3, 0.4) is 0 Å². The molecule has 1 heterocycles. The van der Waals surface area contributed by atoms with Gasteiger partial charge in [0.15, 0.2) is 0 Å². The molecule has 0 aromatic heterocycles. The van der Waals surface area contributed by atoms with Crippen LogP contribution < -0.4 is 11.1 Å². The van der Waals surface area contributed by atoms with Crippen LogP contribution in [-0.4, -0.2) is 24.5 Å². The molecule has 21 heavy (non-hydrogen) atoms. The fourth-order valence-electron chi connectivity index (χ4n) is 2.40. The summed E-state index contributed by atoms with van der Waals surface area (Å²) in [5, 5.41) is 3.26. The van der Waals surface area contributed by atoms with Gasteiger partial charge in [-0.1, -0.05) is 48.1 Å². The first kappa shape index (κ1) is 22.6. The predicted octanol–water partition coefficient (Wildman–Crippen LogP) is 4.53. The van der Waals surface area contributed by atoms with E-state index in [-0.39, 0.29) is 5.66 Å². The summed E-state index contributed by atoms with van der Waals surface area (Å²) in [6.07, 6.45) is 3.88. The molecule has 2 atom stereocenters. The van der Waals surface area contributed by atoms with Crippen molar-refractivity contribution < 1.29 is 0 Å². The highest BCUT2D eigenvalue weighted by Gasteiger charge is 2.25. The molecule has 3 N–H and O–H groups in total.